The van der Waals surface area contributed by atoms with E-state index in [4.69, 9.17) is 5.73 Å². The molecular formula is C29H38N4O3. The van der Waals surface area contributed by atoms with Gasteiger partial charge in [-0.05, 0) is 61.7 Å². The number of nitrogens with zero attached hydrogens (tertiary/aromatic N) is 1. The molecule has 36 heavy (non-hydrogen) atoms. The summed E-state index contributed by atoms with van der Waals surface area (Å²) in [5, 5.41) is 8.42. The van der Waals surface area contributed by atoms with Crippen molar-refractivity contribution in [2.75, 3.05) is 11.4 Å². The van der Waals surface area contributed by atoms with E-state index in [1.165, 1.54) is 44.1 Å². The van der Waals surface area contributed by atoms with Gasteiger partial charge in [0.15, 0.2) is 0 Å². The number of rotatable bonds is 10. The van der Waals surface area contributed by atoms with Crippen molar-refractivity contribution in [3.63, 3.8) is 0 Å². The number of benzene rings is 2. The third kappa shape index (κ3) is 4.91. The van der Waals surface area contributed by atoms with Crippen LogP contribution in [0.1, 0.15) is 99.0 Å². The Kier molecular flexibility index (Phi) is 7.67. The number of hydrogen-bond donors (Lipinski definition) is 3. The SMILES string of the molecule is NCCCCCCC(NC1CCCCC1)c1ccc2c3c(cccc13)C(=O)N2C1CCC(=O)NC1=O. The number of piperidine rings is 1. The van der Waals surface area contributed by atoms with Crippen LogP contribution >= 0.6 is 0 Å². The summed E-state index contributed by atoms with van der Waals surface area (Å²) >= 11 is 0. The second kappa shape index (κ2) is 11.1. The number of unbranched alkanes of at least 4 members (excludes halogenated alkanes) is 3. The lowest BCUT2D eigenvalue weighted by Gasteiger charge is -2.31. The molecule has 3 amide bonds. The molecule has 2 fully saturated rings. The highest BCUT2D eigenvalue weighted by molar-refractivity contribution is 6.27. The molecule has 192 valence electrons. The normalized spacial score (nSPS) is 21.3. The van der Waals surface area contributed by atoms with Crippen molar-refractivity contribution >= 4 is 34.2 Å². The van der Waals surface area contributed by atoms with Gasteiger partial charge in [-0.2, -0.15) is 0 Å². The standard InChI is InChI=1S/C29H38N4O3/c30-18-7-2-1-6-13-23(31-19-9-4-3-5-10-19)20-14-15-24-27-21(20)11-8-12-22(27)29(36)33(24)25-16-17-26(34)32-28(25)35/h8,11-12,14-15,19,23,25,31H,1-7,9-10,13,16-18,30H2,(H,32,34,35). The van der Waals surface area contributed by atoms with Crippen molar-refractivity contribution < 1.29 is 14.4 Å². The summed E-state index contributed by atoms with van der Waals surface area (Å²) < 4.78 is 0. The quantitative estimate of drug-likeness (QED) is 0.337. The molecule has 1 aliphatic carbocycles. The number of carbonyl (C=O) groups excluding carboxylic acids is 3. The zero-order chi connectivity index (χ0) is 25.1. The number of nitrogens with one attached hydrogen (secondary N) is 2. The Bertz CT molecular complexity index is 1140. The molecule has 0 radical (unpaired) electrons. The first-order chi connectivity index (χ1) is 17.6. The Hall–Kier alpha value is -2.77. The van der Waals surface area contributed by atoms with Crippen LogP contribution in [0.2, 0.25) is 0 Å². The largest absolute Gasteiger partial charge is 0.330 e. The fourth-order valence-electron chi connectivity index (χ4n) is 6.30. The maximum atomic E-state index is 13.5. The Labute approximate surface area is 213 Å². The second-order valence-corrected chi connectivity index (χ2v) is 10.6. The highest BCUT2D eigenvalue weighted by Gasteiger charge is 2.41. The van der Waals surface area contributed by atoms with E-state index >= 15 is 0 Å². The van der Waals surface area contributed by atoms with Gasteiger partial charge in [0.1, 0.15) is 6.04 Å². The molecule has 0 spiro atoms. The van der Waals surface area contributed by atoms with Crippen molar-refractivity contribution in [3.8, 4) is 0 Å². The molecule has 0 aromatic heterocycles. The van der Waals surface area contributed by atoms with Crippen LogP contribution in [0, 0.1) is 0 Å². The summed E-state index contributed by atoms with van der Waals surface area (Å²) in [5.41, 5.74) is 8.35. The number of nitrogens with two attached hydrogens (primary N) is 1. The van der Waals surface area contributed by atoms with E-state index in [0.29, 0.717) is 18.0 Å². The van der Waals surface area contributed by atoms with Crippen molar-refractivity contribution in [2.45, 2.75) is 95.2 Å². The van der Waals surface area contributed by atoms with Gasteiger partial charge in [-0.3, -0.25) is 24.6 Å². The van der Waals surface area contributed by atoms with Crippen LogP contribution in [0.25, 0.3) is 10.8 Å². The fourth-order valence-corrected chi connectivity index (χ4v) is 6.30. The van der Waals surface area contributed by atoms with E-state index in [0.717, 1.165) is 48.7 Å². The van der Waals surface area contributed by atoms with Crippen molar-refractivity contribution in [1.82, 2.24) is 10.6 Å². The topological polar surface area (TPSA) is 105 Å². The summed E-state index contributed by atoms with van der Waals surface area (Å²) in [5.74, 6) is -0.816. The predicted octanol–water partition coefficient (Wildman–Crippen LogP) is 4.48. The number of amides is 3. The zero-order valence-corrected chi connectivity index (χ0v) is 21.1. The molecule has 7 nitrogen and oxygen atoms in total. The first-order valence-corrected chi connectivity index (χ1v) is 13.8. The lowest BCUT2D eigenvalue weighted by Crippen LogP contribution is -2.53. The fraction of sp³-hybridized carbons (Fsp3) is 0.552. The maximum absolute atomic E-state index is 13.5. The molecule has 5 rings (SSSR count). The Morgan fingerprint density at radius 1 is 0.972 bits per heavy atom. The number of carbonyl (C=O) groups is 3. The summed E-state index contributed by atoms with van der Waals surface area (Å²) in [6.45, 7) is 0.746. The highest BCUT2D eigenvalue weighted by Crippen LogP contribution is 2.43. The Balaban J connectivity index is 1.47. The van der Waals surface area contributed by atoms with Crippen LogP contribution in [-0.2, 0) is 9.59 Å². The lowest BCUT2D eigenvalue weighted by molar-refractivity contribution is -0.134. The molecule has 2 aromatic rings. The van der Waals surface area contributed by atoms with Gasteiger partial charge in [0.25, 0.3) is 5.91 Å². The third-order valence-corrected chi connectivity index (χ3v) is 8.15. The minimum absolute atomic E-state index is 0.152. The first-order valence-electron chi connectivity index (χ1n) is 13.8. The van der Waals surface area contributed by atoms with Gasteiger partial charge in [-0.25, -0.2) is 0 Å². The third-order valence-electron chi connectivity index (χ3n) is 8.15. The summed E-state index contributed by atoms with van der Waals surface area (Å²) in [6.07, 6.45) is 12.5. The molecule has 1 saturated heterocycles. The van der Waals surface area contributed by atoms with Crippen molar-refractivity contribution in [3.05, 3.63) is 41.5 Å². The molecule has 4 N–H and O–H groups in total. The smallest absolute Gasteiger partial charge is 0.259 e. The number of hydrogen-bond acceptors (Lipinski definition) is 5. The first kappa shape index (κ1) is 24.9. The van der Waals surface area contributed by atoms with E-state index in [1.54, 1.807) is 4.90 Å². The van der Waals surface area contributed by atoms with Crippen molar-refractivity contribution in [1.29, 1.82) is 0 Å². The molecule has 1 saturated carbocycles. The van der Waals surface area contributed by atoms with Gasteiger partial charge < -0.3 is 11.1 Å². The van der Waals surface area contributed by atoms with Crippen LogP contribution in [0.15, 0.2) is 30.3 Å². The Morgan fingerprint density at radius 3 is 2.56 bits per heavy atom. The van der Waals surface area contributed by atoms with E-state index in [2.05, 4.69) is 22.8 Å². The van der Waals surface area contributed by atoms with Gasteiger partial charge in [-0.1, -0.05) is 56.7 Å². The van der Waals surface area contributed by atoms with Gasteiger partial charge in [-0.15, -0.1) is 0 Å². The molecule has 0 bridgehead atoms. The molecule has 2 aliphatic heterocycles. The minimum atomic E-state index is -0.657. The molecule has 2 aromatic carbocycles. The number of anilines is 1. The molecule has 2 heterocycles. The van der Waals surface area contributed by atoms with Crippen LogP contribution in [-0.4, -0.2) is 36.3 Å². The van der Waals surface area contributed by atoms with Crippen LogP contribution < -0.4 is 21.3 Å². The minimum Gasteiger partial charge on any atom is -0.330 e. The van der Waals surface area contributed by atoms with Crippen LogP contribution in [0.4, 0.5) is 5.69 Å². The molecule has 7 heteroatoms. The number of imide groups is 1. The summed E-state index contributed by atoms with van der Waals surface area (Å²) in [4.78, 5) is 39.5. The summed E-state index contributed by atoms with van der Waals surface area (Å²) in [7, 11) is 0. The summed E-state index contributed by atoms with van der Waals surface area (Å²) in [6, 6.07) is 10.2. The maximum Gasteiger partial charge on any atom is 0.259 e. The second-order valence-electron chi connectivity index (χ2n) is 10.6. The molecule has 2 unspecified atom stereocenters. The van der Waals surface area contributed by atoms with E-state index in [1.807, 2.05) is 18.2 Å². The van der Waals surface area contributed by atoms with Gasteiger partial charge in [0.05, 0.1) is 5.69 Å². The van der Waals surface area contributed by atoms with Crippen molar-refractivity contribution in [2.24, 2.45) is 5.73 Å². The predicted molar refractivity (Wildman–Crippen MR) is 142 cm³/mol. The average molecular weight is 491 g/mol. The molecule has 2 atom stereocenters. The Morgan fingerprint density at radius 2 is 1.78 bits per heavy atom. The van der Waals surface area contributed by atoms with Gasteiger partial charge in [0, 0.05) is 29.5 Å². The van der Waals surface area contributed by atoms with E-state index in [-0.39, 0.29) is 30.2 Å². The molecular weight excluding hydrogens is 452 g/mol. The van der Waals surface area contributed by atoms with Crippen LogP contribution in [0.3, 0.4) is 0 Å². The zero-order valence-electron chi connectivity index (χ0n) is 21.1. The lowest BCUT2D eigenvalue weighted by atomic mass is 9.90. The van der Waals surface area contributed by atoms with Crippen LogP contribution in [0.5, 0.6) is 0 Å². The van der Waals surface area contributed by atoms with E-state index in [9.17, 15) is 14.4 Å². The van der Waals surface area contributed by atoms with E-state index < -0.39 is 6.04 Å². The van der Waals surface area contributed by atoms with Gasteiger partial charge >= 0.3 is 0 Å². The average Bonchev–Trinajstić information content (AvgIpc) is 3.17. The monoisotopic (exact) mass is 490 g/mol. The highest BCUT2D eigenvalue weighted by atomic mass is 16.2. The van der Waals surface area contributed by atoms with Gasteiger partial charge in [0.2, 0.25) is 11.8 Å². The molecule has 3 aliphatic rings.